The van der Waals surface area contributed by atoms with E-state index in [9.17, 15) is 19.2 Å². The Labute approximate surface area is 259 Å². The smallest absolute Gasteiger partial charge is 0.273 e. The lowest BCUT2D eigenvalue weighted by molar-refractivity contribution is -0.117. The lowest BCUT2D eigenvalue weighted by atomic mass is 10.00. The number of nitrogens with zero attached hydrogens (tertiary/aromatic N) is 5. The number of rotatable bonds is 10. The zero-order valence-electron chi connectivity index (χ0n) is 25.7. The molecule has 3 N–H and O–H groups in total. The number of ether oxygens (including phenoxy) is 1. The third-order valence-electron chi connectivity index (χ3n) is 7.50. The van der Waals surface area contributed by atoms with Crippen molar-refractivity contribution in [2.75, 3.05) is 31.8 Å². The molecule has 0 spiro atoms. The van der Waals surface area contributed by atoms with Crippen molar-refractivity contribution < 1.29 is 19.1 Å². The number of carbonyl (C=O) groups is 3. The molecular formula is C32H34N8O5. The summed E-state index contributed by atoms with van der Waals surface area (Å²) in [4.78, 5) is 56.5. The van der Waals surface area contributed by atoms with E-state index in [1.165, 1.54) is 23.6 Å². The molecule has 0 unspecified atom stereocenters. The highest BCUT2D eigenvalue weighted by molar-refractivity contribution is 6.00. The number of hydrogen-bond donors (Lipinski definition) is 3. The van der Waals surface area contributed by atoms with Crippen LogP contribution in [0, 0.1) is 12.8 Å². The molecule has 0 radical (unpaired) electrons. The van der Waals surface area contributed by atoms with Crippen molar-refractivity contribution in [3.05, 3.63) is 87.7 Å². The number of aryl methyl sites for hydroxylation is 2. The molecule has 0 atom stereocenters. The summed E-state index contributed by atoms with van der Waals surface area (Å²) in [5.41, 5.74) is 3.64. The van der Waals surface area contributed by atoms with Crippen molar-refractivity contribution in [1.82, 2.24) is 30.0 Å². The summed E-state index contributed by atoms with van der Waals surface area (Å²) in [7, 11) is 6.31. The van der Waals surface area contributed by atoms with Crippen LogP contribution >= 0.6 is 0 Å². The third kappa shape index (κ3) is 6.66. The Bertz CT molecular complexity index is 1850. The van der Waals surface area contributed by atoms with Crippen LogP contribution < -0.4 is 26.2 Å². The zero-order chi connectivity index (χ0) is 32.2. The number of carbonyl (C=O) groups excluding carboxylic acids is 3. The Hall–Kier alpha value is -5.59. The minimum Gasteiger partial charge on any atom is -0.494 e. The van der Waals surface area contributed by atoms with Crippen LogP contribution in [0.25, 0.3) is 11.1 Å². The molecule has 5 rings (SSSR count). The number of methoxy groups -OCH3 is 1. The number of aromatic nitrogens is 4. The highest BCUT2D eigenvalue weighted by Crippen LogP contribution is 2.39. The normalized spacial score (nSPS) is 12.3. The molecule has 3 heterocycles. The fourth-order valence-corrected chi connectivity index (χ4v) is 4.87. The van der Waals surface area contributed by atoms with Crippen molar-refractivity contribution in [2.45, 2.75) is 26.3 Å². The van der Waals surface area contributed by atoms with E-state index in [0.717, 1.165) is 24.0 Å². The molecule has 1 saturated carbocycles. The van der Waals surface area contributed by atoms with Crippen LogP contribution in [0.15, 0.2) is 59.7 Å². The number of anilines is 3. The maximum Gasteiger partial charge on any atom is 0.273 e. The van der Waals surface area contributed by atoms with Crippen LogP contribution in [0.4, 0.5) is 17.2 Å². The summed E-state index contributed by atoms with van der Waals surface area (Å²) < 4.78 is 7.29. The summed E-state index contributed by atoms with van der Waals surface area (Å²) in [6.45, 7) is 2.01. The highest BCUT2D eigenvalue weighted by Gasteiger charge is 2.30. The lowest BCUT2D eigenvalue weighted by Gasteiger charge is -2.19. The molecule has 1 aliphatic carbocycles. The van der Waals surface area contributed by atoms with Gasteiger partial charge in [-0.3, -0.25) is 24.2 Å². The molecule has 1 aliphatic rings. The molecule has 0 bridgehead atoms. The first-order chi connectivity index (χ1) is 21.6. The fraction of sp³-hybridized carbons (Fsp3) is 0.281. The molecule has 3 aromatic heterocycles. The van der Waals surface area contributed by atoms with Gasteiger partial charge in [-0.25, -0.2) is 0 Å². The number of para-hydroxylation sites is 1. The van der Waals surface area contributed by atoms with Crippen molar-refractivity contribution in [2.24, 2.45) is 13.0 Å². The molecular weight excluding hydrogens is 576 g/mol. The number of benzene rings is 1. The van der Waals surface area contributed by atoms with Crippen LogP contribution in [-0.2, 0) is 18.4 Å². The van der Waals surface area contributed by atoms with Crippen molar-refractivity contribution in [1.29, 1.82) is 0 Å². The first-order valence-corrected chi connectivity index (χ1v) is 14.3. The van der Waals surface area contributed by atoms with Crippen LogP contribution in [-0.4, -0.2) is 63.6 Å². The van der Waals surface area contributed by atoms with Gasteiger partial charge in [-0.05, 0) is 43.5 Å². The second kappa shape index (κ2) is 13.0. The fourth-order valence-electron chi connectivity index (χ4n) is 4.87. The zero-order valence-corrected chi connectivity index (χ0v) is 25.7. The molecule has 1 fully saturated rings. The number of amides is 3. The standard InChI is InChI=1S/C32H34N8O5/c1-18-14-25(32(44)40(4)17-20-8-7-13-39(3)31(20)43)34-16-22(18)21-9-6-10-23(28(21)45-5)35-24-15-26(36-29(41)19-11-12-19)37-38-27(24)30(42)33-2/h6-10,13-16,19H,11-12,17H2,1-5H3,(H,33,42)(H2,35,36,37,41). The lowest BCUT2D eigenvalue weighted by Crippen LogP contribution is -2.31. The molecule has 232 valence electrons. The van der Waals surface area contributed by atoms with E-state index in [0.29, 0.717) is 28.3 Å². The van der Waals surface area contributed by atoms with E-state index in [4.69, 9.17) is 4.74 Å². The highest BCUT2D eigenvalue weighted by atomic mass is 16.5. The molecule has 3 amide bonds. The average molecular weight is 611 g/mol. The Balaban J connectivity index is 1.43. The first-order valence-electron chi connectivity index (χ1n) is 14.3. The van der Waals surface area contributed by atoms with Gasteiger partial charge in [0, 0.05) is 62.2 Å². The monoisotopic (exact) mass is 610 g/mol. The van der Waals surface area contributed by atoms with Crippen LogP contribution in [0.2, 0.25) is 0 Å². The summed E-state index contributed by atoms with van der Waals surface area (Å²) >= 11 is 0. The van der Waals surface area contributed by atoms with Gasteiger partial charge >= 0.3 is 0 Å². The molecule has 13 nitrogen and oxygen atoms in total. The Morgan fingerprint density at radius 3 is 2.53 bits per heavy atom. The Kier molecular flexibility index (Phi) is 8.88. The van der Waals surface area contributed by atoms with Gasteiger partial charge in [-0.15, -0.1) is 10.2 Å². The number of hydrogen-bond acceptors (Lipinski definition) is 9. The van der Waals surface area contributed by atoms with E-state index in [1.54, 1.807) is 56.8 Å². The van der Waals surface area contributed by atoms with Crippen LogP contribution in [0.1, 0.15) is 44.9 Å². The summed E-state index contributed by atoms with van der Waals surface area (Å²) in [5.74, 6) is -0.275. The van der Waals surface area contributed by atoms with Gasteiger partial charge in [0.2, 0.25) is 5.91 Å². The topological polar surface area (TPSA) is 160 Å². The third-order valence-corrected chi connectivity index (χ3v) is 7.50. The van der Waals surface area contributed by atoms with Gasteiger partial charge in [0.1, 0.15) is 11.4 Å². The average Bonchev–Trinajstić information content (AvgIpc) is 3.89. The van der Waals surface area contributed by atoms with Crippen LogP contribution in [0.5, 0.6) is 5.75 Å². The summed E-state index contributed by atoms with van der Waals surface area (Å²) in [6, 6.07) is 12.2. The SMILES string of the molecule is CNC(=O)c1nnc(NC(=O)C2CC2)cc1Nc1cccc(-c2cnc(C(=O)N(C)Cc3cccn(C)c3=O)cc2C)c1OC. The summed E-state index contributed by atoms with van der Waals surface area (Å²) in [5, 5.41) is 16.6. The van der Waals surface area contributed by atoms with Crippen molar-refractivity contribution >= 4 is 34.9 Å². The summed E-state index contributed by atoms with van der Waals surface area (Å²) in [6.07, 6.45) is 4.94. The Morgan fingerprint density at radius 2 is 1.84 bits per heavy atom. The van der Waals surface area contributed by atoms with Gasteiger partial charge < -0.3 is 30.2 Å². The molecule has 0 aliphatic heterocycles. The molecule has 13 heteroatoms. The maximum absolute atomic E-state index is 13.2. The number of nitrogens with one attached hydrogen (secondary N) is 3. The van der Waals surface area contributed by atoms with Crippen molar-refractivity contribution in [3.8, 4) is 16.9 Å². The minimum absolute atomic E-state index is 0.0320. The van der Waals surface area contributed by atoms with E-state index in [1.807, 2.05) is 19.1 Å². The minimum atomic E-state index is -0.460. The molecule has 45 heavy (non-hydrogen) atoms. The number of pyridine rings is 2. The molecule has 0 saturated heterocycles. The van der Waals surface area contributed by atoms with E-state index >= 15 is 0 Å². The van der Waals surface area contributed by atoms with Gasteiger partial charge in [-0.2, -0.15) is 0 Å². The van der Waals surface area contributed by atoms with Gasteiger partial charge in [-0.1, -0.05) is 18.2 Å². The van der Waals surface area contributed by atoms with E-state index in [-0.39, 0.29) is 47.0 Å². The van der Waals surface area contributed by atoms with Crippen LogP contribution in [0.3, 0.4) is 0 Å². The van der Waals surface area contributed by atoms with Gasteiger partial charge in [0.25, 0.3) is 17.4 Å². The first kappa shape index (κ1) is 30.9. The van der Waals surface area contributed by atoms with Crippen molar-refractivity contribution in [3.63, 3.8) is 0 Å². The van der Waals surface area contributed by atoms with Gasteiger partial charge in [0.15, 0.2) is 11.5 Å². The molecule has 1 aromatic carbocycles. The predicted molar refractivity (Wildman–Crippen MR) is 169 cm³/mol. The second-order valence-corrected chi connectivity index (χ2v) is 10.8. The quantitative estimate of drug-likeness (QED) is 0.245. The van der Waals surface area contributed by atoms with E-state index in [2.05, 4.69) is 31.1 Å². The Morgan fingerprint density at radius 1 is 1.07 bits per heavy atom. The maximum atomic E-state index is 13.2. The van der Waals surface area contributed by atoms with E-state index < -0.39 is 5.91 Å². The largest absolute Gasteiger partial charge is 0.494 e. The second-order valence-electron chi connectivity index (χ2n) is 10.8. The van der Waals surface area contributed by atoms with Gasteiger partial charge in [0.05, 0.1) is 25.0 Å². The molecule has 4 aromatic rings. The predicted octanol–water partition coefficient (Wildman–Crippen LogP) is 3.28.